The predicted octanol–water partition coefficient (Wildman–Crippen LogP) is 3.85. The zero-order chi connectivity index (χ0) is 24.6. The Kier molecular flexibility index (Phi) is 5.85. The number of likely N-dealkylation sites (tertiary alicyclic amines) is 1. The SMILES string of the molecule is O=C1CCC(N2Cc3cc(-c4cc(CN5CCC[C@@H]5c5ccccc5)ccn4)ccc3C2=O)C(=O)N1. The summed E-state index contributed by atoms with van der Waals surface area (Å²) in [4.78, 5) is 45.6. The Morgan fingerprint density at radius 3 is 2.64 bits per heavy atom. The van der Waals surface area contributed by atoms with Gasteiger partial charge >= 0.3 is 0 Å². The van der Waals surface area contributed by atoms with E-state index < -0.39 is 11.9 Å². The van der Waals surface area contributed by atoms with Gasteiger partial charge < -0.3 is 4.90 Å². The van der Waals surface area contributed by atoms with E-state index in [9.17, 15) is 14.4 Å². The van der Waals surface area contributed by atoms with Crippen LogP contribution in [-0.4, -0.2) is 45.1 Å². The zero-order valence-corrected chi connectivity index (χ0v) is 20.0. The van der Waals surface area contributed by atoms with Crippen molar-refractivity contribution in [3.63, 3.8) is 0 Å². The largest absolute Gasteiger partial charge is 0.322 e. The van der Waals surface area contributed by atoms with Gasteiger partial charge in [0.15, 0.2) is 0 Å². The van der Waals surface area contributed by atoms with Crippen molar-refractivity contribution in [3.05, 3.63) is 89.1 Å². The molecule has 4 heterocycles. The Labute approximate surface area is 210 Å². The first-order chi connectivity index (χ1) is 17.6. The number of piperidine rings is 1. The van der Waals surface area contributed by atoms with Crippen molar-refractivity contribution < 1.29 is 14.4 Å². The van der Waals surface area contributed by atoms with Gasteiger partial charge in [-0.2, -0.15) is 0 Å². The summed E-state index contributed by atoms with van der Waals surface area (Å²) in [5.74, 6) is -0.830. The van der Waals surface area contributed by atoms with Crippen molar-refractivity contribution >= 4 is 17.7 Å². The topological polar surface area (TPSA) is 82.6 Å². The van der Waals surface area contributed by atoms with Gasteiger partial charge in [-0.25, -0.2) is 0 Å². The molecule has 1 N–H and O–H groups in total. The van der Waals surface area contributed by atoms with E-state index in [1.54, 1.807) is 4.90 Å². The smallest absolute Gasteiger partial charge is 0.255 e. The van der Waals surface area contributed by atoms with Crippen LogP contribution in [0.3, 0.4) is 0 Å². The van der Waals surface area contributed by atoms with E-state index in [1.807, 2.05) is 24.4 Å². The minimum atomic E-state index is -0.606. The third-order valence-electron chi connectivity index (χ3n) is 7.58. The molecule has 0 spiro atoms. The lowest BCUT2D eigenvalue weighted by Crippen LogP contribution is -2.52. The van der Waals surface area contributed by atoms with Crippen LogP contribution in [0.1, 0.15) is 58.8 Å². The highest BCUT2D eigenvalue weighted by Gasteiger charge is 2.39. The molecular formula is C29H28N4O3. The molecule has 0 bridgehead atoms. The summed E-state index contributed by atoms with van der Waals surface area (Å²) >= 11 is 0. The number of pyridine rings is 1. The average molecular weight is 481 g/mol. The molecule has 2 fully saturated rings. The first-order valence-corrected chi connectivity index (χ1v) is 12.6. The summed E-state index contributed by atoms with van der Waals surface area (Å²) < 4.78 is 0. The highest BCUT2D eigenvalue weighted by atomic mass is 16.2. The molecule has 3 aliphatic heterocycles. The highest BCUT2D eigenvalue weighted by Crippen LogP contribution is 2.34. The van der Waals surface area contributed by atoms with Crippen LogP contribution in [0.25, 0.3) is 11.3 Å². The lowest BCUT2D eigenvalue weighted by atomic mass is 10.0. The molecule has 2 saturated heterocycles. The Bertz CT molecular complexity index is 1340. The maximum absolute atomic E-state index is 13.0. The van der Waals surface area contributed by atoms with Gasteiger partial charge in [-0.05, 0) is 66.8 Å². The van der Waals surface area contributed by atoms with Crippen molar-refractivity contribution in [2.45, 2.75) is 50.9 Å². The fourth-order valence-electron chi connectivity index (χ4n) is 5.77. The molecule has 3 aromatic rings. The van der Waals surface area contributed by atoms with Crippen molar-refractivity contribution in [3.8, 4) is 11.3 Å². The molecule has 0 saturated carbocycles. The molecule has 6 rings (SSSR count). The second-order valence-corrected chi connectivity index (χ2v) is 9.86. The van der Waals surface area contributed by atoms with Gasteiger partial charge in [0.25, 0.3) is 5.91 Å². The standard InChI is InChI=1S/C29H28N4O3/c34-27-11-10-26(28(35)31-27)33-18-22-16-21(8-9-23(22)29(33)36)24-15-19(12-13-30-24)17-32-14-4-7-25(32)20-5-2-1-3-6-20/h1-3,5-6,8-9,12-13,15-16,25-26H,4,7,10-11,14,17-18H2,(H,31,34,35)/t25-,26?/m1/s1. The summed E-state index contributed by atoms with van der Waals surface area (Å²) in [5, 5.41) is 2.35. The third kappa shape index (κ3) is 4.20. The zero-order valence-electron chi connectivity index (χ0n) is 20.0. The number of carbonyl (C=O) groups excluding carboxylic acids is 3. The molecule has 3 aliphatic rings. The van der Waals surface area contributed by atoms with Gasteiger partial charge in [-0.15, -0.1) is 0 Å². The monoisotopic (exact) mass is 480 g/mol. The van der Waals surface area contributed by atoms with Crippen LogP contribution in [-0.2, 0) is 22.7 Å². The van der Waals surface area contributed by atoms with E-state index in [2.05, 4.69) is 57.7 Å². The maximum Gasteiger partial charge on any atom is 0.255 e. The van der Waals surface area contributed by atoms with Crippen LogP contribution in [0.15, 0.2) is 66.9 Å². The third-order valence-corrected chi connectivity index (χ3v) is 7.58. The number of carbonyl (C=O) groups is 3. The second-order valence-electron chi connectivity index (χ2n) is 9.86. The Morgan fingerprint density at radius 2 is 1.81 bits per heavy atom. The van der Waals surface area contributed by atoms with Gasteiger partial charge in [0, 0.05) is 42.9 Å². The molecule has 1 aromatic heterocycles. The second kappa shape index (κ2) is 9.32. The van der Waals surface area contributed by atoms with E-state index in [0.717, 1.165) is 29.9 Å². The number of amides is 3. The van der Waals surface area contributed by atoms with E-state index in [4.69, 9.17) is 0 Å². The molecule has 0 radical (unpaired) electrons. The maximum atomic E-state index is 13.0. The molecule has 2 aromatic carbocycles. The van der Waals surface area contributed by atoms with Crippen LogP contribution in [0.4, 0.5) is 0 Å². The summed E-state index contributed by atoms with van der Waals surface area (Å²) in [7, 11) is 0. The lowest BCUT2D eigenvalue weighted by Gasteiger charge is -2.29. The number of aromatic nitrogens is 1. The van der Waals surface area contributed by atoms with Gasteiger partial charge in [0.05, 0.1) is 5.69 Å². The van der Waals surface area contributed by atoms with Crippen LogP contribution in [0.2, 0.25) is 0 Å². The number of hydrogen-bond acceptors (Lipinski definition) is 5. The fraction of sp³-hybridized carbons (Fsp3) is 0.310. The van der Waals surface area contributed by atoms with Crippen LogP contribution >= 0.6 is 0 Å². The number of rotatable bonds is 5. The van der Waals surface area contributed by atoms with Crippen molar-refractivity contribution in [2.24, 2.45) is 0 Å². The normalized spacial score (nSPS) is 22.1. The van der Waals surface area contributed by atoms with Gasteiger partial charge in [-0.1, -0.05) is 36.4 Å². The van der Waals surface area contributed by atoms with E-state index in [-0.39, 0.29) is 18.2 Å². The molecule has 2 atom stereocenters. The van der Waals surface area contributed by atoms with Crippen LogP contribution in [0, 0.1) is 0 Å². The van der Waals surface area contributed by atoms with E-state index in [1.165, 1.54) is 24.0 Å². The van der Waals surface area contributed by atoms with Crippen LogP contribution < -0.4 is 5.32 Å². The van der Waals surface area contributed by atoms with Crippen molar-refractivity contribution in [1.82, 2.24) is 20.1 Å². The Balaban J connectivity index is 1.20. The number of hydrogen-bond donors (Lipinski definition) is 1. The molecule has 3 amide bonds. The summed E-state index contributed by atoms with van der Waals surface area (Å²) in [6.45, 7) is 2.30. The van der Waals surface area contributed by atoms with Crippen molar-refractivity contribution in [1.29, 1.82) is 0 Å². The molecule has 36 heavy (non-hydrogen) atoms. The molecular weight excluding hydrogens is 452 g/mol. The molecule has 1 unspecified atom stereocenters. The van der Waals surface area contributed by atoms with Gasteiger partial charge in [0.2, 0.25) is 11.8 Å². The first-order valence-electron chi connectivity index (χ1n) is 12.6. The van der Waals surface area contributed by atoms with Gasteiger partial charge in [0.1, 0.15) is 6.04 Å². The number of nitrogens with one attached hydrogen (secondary N) is 1. The molecule has 0 aliphatic carbocycles. The lowest BCUT2D eigenvalue weighted by molar-refractivity contribution is -0.136. The van der Waals surface area contributed by atoms with E-state index >= 15 is 0 Å². The van der Waals surface area contributed by atoms with Crippen molar-refractivity contribution in [2.75, 3.05) is 6.54 Å². The Morgan fingerprint density at radius 1 is 0.944 bits per heavy atom. The quantitative estimate of drug-likeness (QED) is 0.561. The number of imide groups is 1. The summed E-state index contributed by atoms with van der Waals surface area (Å²) in [6.07, 6.45) is 4.83. The summed E-state index contributed by atoms with van der Waals surface area (Å²) in [5.41, 5.74) is 5.91. The fourth-order valence-corrected chi connectivity index (χ4v) is 5.77. The van der Waals surface area contributed by atoms with Gasteiger partial charge in [-0.3, -0.25) is 29.6 Å². The predicted molar refractivity (Wildman–Crippen MR) is 135 cm³/mol. The highest BCUT2D eigenvalue weighted by molar-refractivity contribution is 6.05. The Hall–Kier alpha value is -3.84. The summed E-state index contributed by atoms with van der Waals surface area (Å²) in [6, 6.07) is 20.5. The molecule has 182 valence electrons. The number of benzene rings is 2. The number of fused-ring (bicyclic) bond motifs is 1. The minimum absolute atomic E-state index is 0.159. The minimum Gasteiger partial charge on any atom is -0.322 e. The first kappa shape index (κ1) is 22.6. The molecule has 7 nitrogen and oxygen atoms in total. The number of nitrogens with zero attached hydrogens (tertiary/aromatic N) is 3. The van der Waals surface area contributed by atoms with E-state index in [0.29, 0.717) is 24.6 Å². The average Bonchev–Trinajstić information content (AvgIpc) is 3.49. The molecule has 7 heteroatoms. The van der Waals surface area contributed by atoms with Crippen LogP contribution in [0.5, 0.6) is 0 Å².